The van der Waals surface area contributed by atoms with E-state index in [2.05, 4.69) is 31.0 Å². The second-order valence-corrected chi connectivity index (χ2v) is 4.77. The first-order valence-corrected chi connectivity index (χ1v) is 5.80. The monoisotopic (exact) mass is 326 g/mol. The number of hydrogen-bond acceptors (Lipinski definition) is 3. The van der Waals surface area contributed by atoms with E-state index in [0.717, 1.165) is 0 Å². The van der Waals surface area contributed by atoms with Crippen molar-refractivity contribution in [2.45, 2.75) is 17.9 Å². The van der Waals surface area contributed by atoms with E-state index >= 15 is 0 Å². The molecule has 100 valence electrons. The van der Waals surface area contributed by atoms with Crippen LogP contribution in [0.25, 0.3) is 0 Å². The van der Waals surface area contributed by atoms with Gasteiger partial charge in [0.05, 0.1) is 16.7 Å². The molecule has 0 aliphatic carbocycles. The predicted octanol–water partition coefficient (Wildman–Crippen LogP) is 2.74. The average molecular weight is 327 g/mol. The molecule has 0 saturated heterocycles. The molecule has 1 unspecified atom stereocenters. The molecular formula is C10H10BrF3N2O2. The summed E-state index contributed by atoms with van der Waals surface area (Å²) in [6.07, 6.45) is -3.18. The number of aromatic nitrogens is 1. The van der Waals surface area contributed by atoms with E-state index in [1.807, 2.05) is 0 Å². The van der Waals surface area contributed by atoms with Gasteiger partial charge in [0, 0.05) is 6.07 Å². The van der Waals surface area contributed by atoms with Crippen molar-refractivity contribution in [3.63, 3.8) is 0 Å². The van der Waals surface area contributed by atoms with Gasteiger partial charge in [0.15, 0.2) is 6.61 Å². The molecule has 0 radical (unpaired) electrons. The standard InChI is InChI=1S/C10H10BrF3N2O2/c1-6(11)9(17)16-7-2-3-8(15-4-7)18-5-10(12,13)14/h2-4,6H,5H2,1H3,(H,16,17). The zero-order valence-electron chi connectivity index (χ0n) is 9.29. The van der Waals surface area contributed by atoms with Crippen LogP contribution in [-0.4, -0.2) is 28.5 Å². The molecule has 1 aromatic heterocycles. The number of carbonyl (C=O) groups is 1. The van der Waals surface area contributed by atoms with Crippen LogP contribution in [0.15, 0.2) is 18.3 Å². The molecule has 1 atom stereocenters. The zero-order valence-corrected chi connectivity index (χ0v) is 10.9. The van der Waals surface area contributed by atoms with Gasteiger partial charge in [-0.15, -0.1) is 0 Å². The van der Waals surface area contributed by atoms with E-state index in [1.54, 1.807) is 6.92 Å². The van der Waals surface area contributed by atoms with Gasteiger partial charge in [0.2, 0.25) is 11.8 Å². The highest BCUT2D eigenvalue weighted by molar-refractivity contribution is 9.10. The first-order valence-electron chi connectivity index (χ1n) is 4.88. The molecule has 0 fully saturated rings. The zero-order chi connectivity index (χ0) is 13.8. The van der Waals surface area contributed by atoms with Crippen LogP contribution in [0.3, 0.4) is 0 Å². The van der Waals surface area contributed by atoms with Crippen LogP contribution in [-0.2, 0) is 4.79 Å². The number of hydrogen-bond donors (Lipinski definition) is 1. The number of nitrogens with zero attached hydrogens (tertiary/aromatic N) is 1. The summed E-state index contributed by atoms with van der Waals surface area (Å²) in [5.74, 6) is -0.432. The van der Waals surface area contributed by atoms with Crippen LogP contribution in [0.5, 0.6) is 5.88 Å². The third-order valence-electron chi connectivity index (χ3n) is 1.75. The molecule has 0 saturated carbocycles. The Morgan fingerprint density at radius 2 is 2.22 bits per heavy atom. The lowest BCUT2D eigenvalue weighted by Gasteiger charge is -2.09. The van der Waals surface area contributed by atoms with Gasteiger partial charge < -0.3 is 10.1 Å². The molecule has 1 amide bonds. The minimum atomic E-state index is -4.40. The second kappa shape index (κ2) is 6.03. The minimum absolute atomic E-state index is 0.155. The van der Waals surface area contributed by atoms with E-state index in [4.69, 9.17) is 0 Å². The summed E-state index contributed by atoms with van der Waals surface area (Å²) in [5.41, 5.74) is 0.380. The lowest BCUT2D eigenvalue weighted by Crippen LogP contribution is -2.20. The number of anilines is 1. The Kier molecular flexibility index (Phi) is 4.94. The van der Waals surface area contributed by atoms with Gasteiger partial charge in [0.25, 0.3) is 0 Å². The fraction of sp³-hybridized carbons (Fsp3) is 0.400. The van der Waals surface area contributed by atoms with Crippen LogP contribution in [0.4, 0.5) is 18.9 Å². The summed E-state index contributed by atoms with van der Waals surface area (Å²) in [4.78, 5) is 14.6. The van der Waals surface area contributed by atoms with Crippen LogP contribution < -0.4 is 10.1 Å². The summed E-state index contributed by atoms with van der Waals surface area (Å²) in [5, 5.41) is 2.51. The van der Waals surface area contributed by atoms with Gasteiger partial charge in [-0.2, -0.15) is 13.2 Å². The van der Waals surface area contributed by atoms with E-state index in [1.165, 1.54) is 18.3 Å². The second-order valence-electron chi connectivity index (χ2n) is 3.39. The highest BCUT2D eigenvalue weighted by Crippen LogP contribution is 2.18. The number of nitrogens with one attached hydrogen (secondary N) is 1. The van der Waals surface area contributed by atoms with Crippen molar-refractivity contribution in [2.75, 3.05) is 11.9 Å². The van der Waals surface area contributed by atoms with Crippen molar-refractivity contribution in [1.82, 2.24) is 4.98 Å². The molecule has 1 heterocycles. The number of halogens is 4. The van der Waals surface area contributed by atoms with Crippen molar-refractivity contribution >= 4 is 27.5 Å². The number of pyridine rings is 1. The van der Waals surface area contributed by atoms with Crippen molar-refractivity contribution in [2.24, 2.45) is 0 Å². The van der Waals surface area contributed by atoms with E-state index in [0.29, 0.717) is 5.69 Å². The SMILES string of the molecule is CC(Br)C(=O)Nc1ccc(OCC(F)(F)F)nc1. The Bertz CT molecular complexity index is 407. The van der Waals surface area contributed by atoms with Gasteiger partial charge in [-0.3, -0.25) is 4.79 Å². The molecular weight excluding hydrogens is 317 g/mol. The molecule has 0 aliphatic heterocycles. The minimum Gasteiger partial charge on any atom is -0.468 e. The Balaban J connectivity index is 2.55. The molecule has 0 aliphatic rings. The first kappa shape index (κ1) is 14.7. The fourth-order valence-corrected chi connectivity index (χ4v) is 1.05. The maximum Gasteiger partial charge on any atom is 0.422 e. The summed E-state index contributed by atoms with van der Waals surface area (Å²) in [6.45, 7) is 0.244. The maximum absolute atomic E-state index is 11.9. The Hall–Kier alpha value is -1.31. The summed E-state index contributed by atoms with van der Waals surface area (Å²) in [7, 11) is 0. The summed E-state index contributed by atoms with van der Waals surface area (Å²) in [6, 6.07) is 2.66. The van der Waals surface area contributed by atoms with Crippen molar-refractivity contribution in [3.8, 4) is 5.88 Å². The molecule has 0 aromatic carbocycles. The molecule has 1 aromatic rings. The van der Waals surface area contributed by atoms with Gasteiger partial charge in [0.1, 0.15) is 0 Å². The Labute approximate surface area is 110 Å². The lowest BCUT2D eigenvalue weighted by molar-refractivity contribution is -0.154. The quantitative estimate of drug-likeness (QED) is 0.865. The highest BCUT2D eigenvalue weighted by Gasteiger charge is 2.28. The molecule has 8 heteroatoms. The van der Waals surface area contributed by atoms with Crippen LogP contribution >= 0.6 is 15.9 Å². The number of ether oxygens (including phenoxy) is 1. The number of carbonyl (C=O) groups excluding carboxylic acids is 1. The molecule has 1 rings (SSSR count). The largest absolute Gasteiger partial charge is 0.468 e. The Morgan fingerprint density at radius 3 is 2.67 bits per heavy atom. The third kappa shape index (κ3) is 5.35. The molecule has 0 bridgehead atoms. The number of rotatable bonds is 4. The normalized spacial score (nSPS) is 12.9. The van der Waals surface area contributed by atoms with Gasteiger partial charge >= 0.3 is 6.18 Å². The molecule has 18 heavy (non-hydrogen) atoms. The first-order chi connectivity index (χ1) is 8.28. The van der Waals surface area contributed by atoms with Crippen molar-refractivity contribution in [1.29, 1.82) is 0 Å². The molecule has 1 N–H and O–H groups in total. The maximum atomic E-state index is 11.9. The van der Waals surface area contributed by atoms with Crippen LogP contribution in [0, 0.1) is 0 Å². The number of amides is 1. The van der Waals surface area contributed by atoms with Crippen molar-refractivity contribution in [3.05, 3.63) is 18.3 Å². The van der Waals surface area contributed by atoms with Gasteiger partial charge in [-0.05, 0) is 13.0 Å². The molecule has 0 spiro atoms. The predicted molar refractivity (Wildman–Crippen MR) is 62.8 cm³/mol. The fourth-order valence-electron chi connectivity index (χ4n) is 0.937. The topological polar surface area (TPSA) is 51.2 Å². The van der Waals surface area contributed by atoms with Crippen LogP contribution in [0.1, 0.15) is 6.92 Å². The number of alkyl halides is 4. The van der Waals surface area contributed by atoms with E-state index in [-0.39, 0.29) is 16.6 Å². The smallest absolute Gasteiger partial charge is 0.422 e. The third-order valence-corrected chi connectivity index (χ3v) is 2.16. The molecule has 4 nitrogen and oxygen atoms in total. The Morgan fingerprint density at radius 1 is 1.56 bits per heavy atom. The van der Waals surface area contributed by atoms with Crippen LogP contribution in [0.2, 0.25) is 0 Å². The highest BCUT2D eigenvalue weighted by atomic mass is 79.9. The summed E-state index contributed by atoms with van der Waals surface area (Å²) >= 11 is 3.08. The van der Waals surface area contributed by atoms with E-state index in [9.17, 15) is 18.0 Å². The van der Waals surface area contributed by atoms with Gasteiger partial charge in [-0.25, -0.2) is 4.98 Å². The lowest BCUT2D eigenvalue weighted by atomic mass is 10.4. The van der Waals surface area contributed by atoms with Gasteiger partial charge in [-0.1, -0.05) is 15.9 Å². The average Bonchev–Trinajstić information content (AvgIpc) is 2.27. The summed E-state index contributed by atoms with van der Waals surface area (Å²) < 4.78 is 40.0. The van der Waals surface area contributed by atoms with Crippen molar-refractivity contribution < 1.29 is 22.7 Å². The van der Waals surface area contributed by atoms with E-state index < -0.39 is 12.8 Å².